The third-order valence-electron chi connectivity index (χ3n) is 3.31. The van der Waals surface area contributed by atoms with Gasteiger partial charge in [-0.15, -0.1) is 0 Å². The highest BCUT2D eigenvalue weighted by molar-refractivity contribution is 5.91. The third-order valence-corrected chi connectivity index (χ3v) is 3.31. The zero-order chi connectivity index (χ0) is 16.7. The molecule has 0 aliphatic heterocycles. The van der Waals surface area contributed by atoms with Gasteiger partial charge in [0.2, 0.25) is 0 Å². The van der Waals surface area contributed by atoms with E-state index in [9.17, 15) is 9.18 Å². The van der Waals surface area contributed by atoms with Gasteiger partial charge in [-0.3, -0.25) is 4.79 Å². The van der Waals surface area contributed by atoms with Crippen molar-refractivity contribution < 1.29 is 18.8 Å². The molecule has 0 fully saturated rings. The lowest BCUT2D eigenvalue weighted by Gasteiger charge is -2.14. The number of benzene rings is 2. The zero-order valence-corrected chi connectivity index (χ0v) is 13.4. The standard InChI is InChI=1S/C18H21FN2O2/c1-3-23-17-9-7-14(8-10-17)12-21(2)13-18(22)20-16-6-4-5-15(19)11-16/h4-11H,3,12-13H2,1-2H3,(H,20,22)/p+1. The second kappa shape index (κ2) is 8.29. The van der Waals surface area contributed by atoms with Crippen molar-refractivity contribution in [3.05, 3.63) is 59.9 Å². The Bertz CT molecular complexity index is 644. The molecule has 1 atom stereocenters. The van der Waals surface area contributed by atoms with E-state index in [-0.39, 0.29) is 11.7 Å². The van der Waals surface area contributed by atoms with Gasteiger partial charge in [-0.05, 0) is 49.4 Å². The van der Waals surface area contributed by atoms with Crippen LogP contribution in [0.15, 0.2) is 48.5 Å². The van der Waals surface area contributed by atoms with Gasteiger partial charge in [-0.2, -0.15) is 0 Å². The average molecular weight is 317 g/mol. The molecule has 2 N–H and O–H groups in total. The van der Waals surface area contributed by atoms with Crippen LogP contribution in [0.2, 0.25) is 0 Å². The Kier molecular flexibility index (Phi) is 6.11. The predicted octanol–water partition coefficient (Wildman–Crippen LogP) is 1.88. The van der Waals surface area contributed by atoms with Gasteiger partial charge in [-0.1, -0.05) is 6.07 Å². The SMILES string of the molecule is CCOc1ccc(C[NH+](C)CC(=O)Nc2cccc(F)c2)cc1. The van der Waals surface area contributed by atoms with Gasteiger partial charge >= 0.3 is 0 Å². The molecule has 1 unspecified atom stereocenters. The second-order valence-corrected chi connectivity index (χ2v) is 5.45. The number of carbonyl (C=O) groups is 1. The third kappa shape index (κ3) is 5.71. The summed E-state index contributed by atoms with van der Waals surface area (Å²) in [4.78, 5) is 13.0. The van der Waals surface area contributed by atoms with Crippen LogP contribution in [0.25, 0.3) is 0 Å². The maximum absolute atomic E-state index is 13.1. The molecule has 0 heterocycles. The van der Waals surface area contributed by atoms with Crippen molar-refractivity contribution in [1.29, 1.82) is 0 Å². The van der Waals surface area contributed by atoms with Crippen LogP contribution in [0.5, 0.6) is 5.75 Å². The molecule has 5 heteroatoms. The second-order valence-electron chi connectivity index (χ2n) is 5.45. The molecular formula is C18H22FN2O2+. The Morgan fingerprint density at radius 2 is 1.96 bits per heavy atom. The highest BCUT2D eigenvalue weighted by Gasteiger charge is 2.11. The maximum atomic E-state index is 13.1. The minimum Gasteiger partial charge on any atom is -0.494 e. The summed E-state index contributed by atoms with van der Waals surface area (Å²) in [7, 11) is 1.95. The Labute approximate surface area is 135 Å². The fourth-order valence-corrected chi connectivity index (χ4v) is 2.33. The van der Waals surface area contributed by atoms with E-state index in [1.807, 2.05) is 38.2 Å². The van der Waals surface area contributed by atoms with Crippen molar-refractivity contribution in [3.8, 4) is 5.75 Å². The minimum absolute atomic E-state index is 0.140. The number of rotatable bonds is 7. The summed E-state index contributed by atoms with van der Waals surface area (Å²) in [6, 6.07) is 13.7. The number of halogens is 1. The van der Waals surface area contributed by atoms with Crippen molar-refractivity contribution in [2.24, 2.45) is 0 Å². The fourth-order valence-electron chi connectivity index (χ4n) is 2.33. The number of anilines is 1. The van der Waals surface area contributed by atoms with E-state index in [1.165, 1.54) is 12.1 Å². The average Bonchev–Trinajstić information content (AvgIpc) is 2.49. The number of nitrogens with one attached hydrogen (secondary N) is 2. The lowest BCUT2D eigenvalue weighted by atomic mass is 10.2. The molecule has 122 valence electrons. The molecule has 2 aromatic carbocycles. The number of hydrogen-bond donors (Lipinski definition) is 2. The van der Waals surface area contributed by atoms with Gasteiger partial charge < -0.3 is 15.0 Å². The molecule has 2 rings (SSSR count). The summed E-state index contributed by atoms with van der Waals surface area (Å²) in [5.41, 5.74) is 1.60. The largest absolute Gasteiger partial charge is 0.494 e. The predicted molar refractivity (Wildman–Crippen MR) is 88.1 cm³/mol. The molecule has 4 nitrogen and oxygen atoms in total. The quantitative estimate of drug-likeness (QED) is 0.819. The van der Waals surface area contributed by atoms with Crippen LogP contribution < -0.4 is 15.0 Å². The Morgan fingerprint density at radius 1 is 1.22 bits per heavy atom. The molecule has 0 spiro atoms. The van der Waals surface area contributed by atoms with Gasteiger partial charge in [0.1, 0.15) is 18.1 Å². The van der Waals surface area contributed by atoms with Crippen LogP contribution in [-0.2, 0) is 11.3 Å². The van der Waals surface area contributed by atoms with E-state index < -0.39 is 0 Å². The number of ether oxygens (including phenoxy) is 1. The molecule has 0 bridgehead atoms. The first-order chi connectivity index (χ1) is 11.1. The fraction of sp³-hybridized carbons (Fsp3) is 0.278. The van der Waals surface area contributed by atoms with Gasteiger partial charge in [0.05, 0.1) is 13.7 Å². The van der Waals surface area contributed by atoms with Crippen molar-refractivity contribution in [1.82, 2.24) is 0 Å². The van der Waals surface area contributed by atoms with Crippen LogP contribution in [-0.4, -0.2) is 26.1 Å². The van der Waals surface area contributed by atoms with Crippen molar-refractivity contribution >= 4 is 11.6 Å². The van der Waals surface area contributed by atoms with Crippen molar-refractivity contribution in [2.45, 2.75) is 13.5 Å². The zero-order valence-electron chi connectivity index (χ0n) is 13.4. The smallest absolute Gasteiger partial charge is 0.279 e. The Morgan fingerprint density at radius 3 is 2.61 bits per heavy atom. The molecule has 2 aromatic rings. The van der Waals surface area contributed by atoms with Crippen LogP contribution >= 0.6 is 0 Å². The number of amides is 1. The lowest BCUT2D eigenvalue weighted by molar-refractivity contribution is -0.885. The summed E-state index contributed by atoms with van der Waals surface area (Å²) in [5, 5.41) is 2.71. The van der Waals surface area contributed by atoms with E-state index >= 15 is 0 Å². The summed E-state index contributed by atoms with van der Waals surface area (Å²) in [5.74, 6) is 0.342. The number of carbonyl (C=O) groups excluding carboxylic acids is 1. The minimum atomic E-state index is -0.363. The highest BCUT2D eigenvalue weighted by Crippen LogP contribution is 2.11. The van der Waals surface area contributed by atoms with E-state index in [1.54, 1.807) is 12.1 Å². The van der Waals surface area contributed by atoms with E-state index in [0.717, 1.165) is 22.8 Å². The topological polar surface area (TPSA) is 42.8 Å². The normalized spacial score (nSPS) is 11.8. The molecule has 1 amide bonds. The Balaban J connectivity index is 1.83. The maximum Gasteiger partial charge on any atom is 0.279 e. The van der Waals surface area contributed by atoms with Crippen LogP contribution in [0.3, 0.4) is 0 Å². The van der Waals surface area contributed by atoms with Crippen molar-refractivity contribution in [2.75, 3.05) is 25.5 Å². The van der Waals surface area contributed by atoms with Crippen LogP contribution in [0, 0.1) is 5.82 Å². The number of quaternary nitrogens is 1. The summed E-state index contributed by atoms with van der Waals surface area (Å²) in [6.07, 6.45) is 0. The van der Waals surface area contributed by atoms with Crippen LogP contribution in [0.1, 0.15) is 12.5 Å². The monoisotopic (exact) mass is 317 g/mol. The summed E-state index contributed by atoms with van der Waals surface area (Å²) in [6.45, 7) is 3.63. The van der Waals surface area contributed by atoms with E-state index in [2.05, 4.69) is 5.32 Å². The molecule has 0 aliphatic carbocycles. The molecular weight excluding hydrogens is 295 g/mol. The molecule has 0 aliphatic rings. The van der Waals surface area contributed by atoms with Gasteiger partial charge in [0.15, 0.2) is 6.54 Å². The van der Waals surface area contributed by atoms with E-state index in [4.69, 9.17) is 4.74 Å². The van der Waals surface area contributed by atoms with Gasteiger partial charge in [0.25, 0.3) is 5.91 Å². The first-order valence-electron chi connectivity index (χ1n) is 7.65. The highest BCUT2D eigenvalue weighted by atomic mass is 19.1. The first kappa shape index (κ1) is 17.0. The van der Waals surface area contributed by atoms with Crippen LogP contribution in [0.4, 0.5) is 10.1 Å². The molecule has 23 heavy (non-hydrogen) atoms. The number of hydrogen-bond acceptors (Lipinski definition) is 2. The van der Waals surface area contributed by atoms with Gasteiger partial charge in [0, 0.05) is 11.3 Å². The lowest BCUT2D eigenvalue weighted by Crippen LogP contribution is -3.08. The first-order valence-corrected chi connectivity index (χ1v) is 7.65. The number of likely N-dealkylation sites (N-methyl/N-ethyl adjacent to an activating group) is 1. The molecule has 0 saturated carbocycles. The molecule has 0 aromatic heterocycles. The van der Waals surface area contributed by atoms with Crippen molar-refractivity contribution in [3.63, 3.8) is 0 Å². The van der Waals surface area contributed by atoms with Gasteiger partial charge in [-0.25, -0.2) is 4.39 Å². The summed E-state index contributed by atoms with van der Waals surface area (Å²) >= 11 is 0. The summed E-state index contributed by atoms with van der Waals surface area (Å²) < 4.78 is 18.5. The molecule has 0 saturated heterocycles. The van der Waals surface area contributed by atoms with E-state index in [0.29, 0.717) is 18.8 Å². The molecule has 0 radical (unpaired) electrons. The Hall–Kier alpha value is -2.40.